The van der Waals surface area contributed by atoms with E-state index in [0.29, 0.717) is 16.8 Å². The Morgan fingerprint density at radius 3 is 2.69 bits per heavy atom. The number of anilines is 1. The maximum absolute atomic E-state index is 12.0. The third kappa shape index (κ3) is 3.41. The Kier molecular flexibility index (Phi) is 4.44. The highest BCUT2D eigenvalue weighted by Crippen LogP contribution is 2.26. The van der Waals surface area contributed by atoms with Crippen molar-refractivity contribution < 1.29 is 23.6 Å². The van der Waals surface area contributed by atoms with E-state index in [9.17, 15) is 19.2 Å². The molecular formula is C17H16N4O5. The van der Waals surface area contributed by atoms with Crippen LogP contribution in [0.3, 0.4) is 0 Å². The Morgan fingerprint density at radius 2 is 2.04 bits per heavy atom. The van der Waals surface area contributed by atoms with E-state index in [2.05, 4.69) is 21.3 Å². The SMILES string of the molecule is CC1(c2cccc(NC(=O)CNC(=O)c3ccoc3)c2)NC(=O)NC1=O. The number of benzene rings is 1. The van der Waals surface area contributed by atoms with Gasteiger partial charge in [-0.25, -0.2) is 4.79 Å². The smallest absolute Gasteiger partial charge is 0.322 e. The third-order valence-corrected chi connectivity index (χ3v) is 3.96. The summed E-state index contributed by atoms with van der Waals surface area (Å²) >= 11 is 0. The number of carbonyl (C=O) groups is 4. The van der Waals surface area contributed by atoms with Crippen LogP contribution in [0.1, 0.15) is 22.8 Å². The molecule has 5 amide bonds. The summed E-state index contributed by atoms with van der Waals surface area (Å²) in [6.45, 7) is 1.34. The van der Waals surface area contributed by atoms with E-state index in [1.807, 2.05) is 0 Å². The molecule has 1 aliphatic rings. The van der Waals surface area contributed by atoms with Crippen LogP contribution in [0, 0.1) is 0 Å². The molecule has 9 heteroatoms. The van der Waals surface area contributed by atoms with E-state index >= 15 is 0 Å². The van der Waals surface area contributed by atoms with E-state index in [1.54, 1.807) is 31.2 Å². The van der Waals surface area contributed by atoms with Gasteiger partial charge in [-0.05, 0) is 30.7 Å². The standard InChI is InChI=1S/C17H16N4O5/c1-17(15(24)20-16(25)21-17)11-3-2-4-12(7-11)19-13(22)8-18-14(23)10-5-6-26-9-10/h2-7,9H,8H2,1H3,(H,18,23)(H,19,22)(H2,20,21,24,25). The van der Waals surface area contributed by atoms with E-state index in [0.717, 1.165) is 0 Å². The zero-order chi connectivity index (χ0) is 18.7. The number of furan rings is 1. The number of urea groups is 1. The predicted octanol–water partition coefficient (Wildman–Crippen LogP) is 0.703. The van der Waals surface area contributed by atoms with Crippen molar-refractivity contribution in [2.24, 2.45) is 0 Å². The molecule has 0 saturated carbocycles. The van der Waals surface area contributed by atoms with Crippen molar-refractivity contribution in [1.29, 1.82) is 0 Å². The number of carbonyl (C=O) groups excluding carboxylic acids is 4. The van der Waals surface area contributed by atoms with Gasteiger partial charge in [0.1, 0.15) is 11.8 Å². The molecule has 1 aromatic heterocycles. The van der Waals surface area contributed by atoms with Crippen molar-refractivity contribution in [3.8, 4) is 0 Å². The van der Waals surface area contributed by atoms with Gasteiger partial charge >= 0.3 is 6.03 Å². The van der Waals surface area contributed by atoms with Crippen molar-refractivity contribution in [2.75, 3.05) is 11.9 Å². The van der Waals surface area contributed by atoms with Crippen LogP contribution in [-0.4, -0.2) is 30.3 Å². The minimum atomic E-state index is -1.21. The summed E-state index contributed by atoms with van der Waals surface area (Å²) in [6, 6.07) is 7.45. The van der Waals surface area contributed by atoms with Crippen molar-refractivity contribution in [2.45, 2.75) is 12.5 Å². The lowest BCUT2D eigenvalue weighted by Crippen LogP contribution is -2.40. The molecule has 1 aromatic carbocycles. The third-order valence-electron chi connectivity index (χ3n) is 3.96. The summed E-state index contributed by atoms with van der Waals surface area (Å²) in [6.07, 6.45) is 2.64. The highest BCUT2D eigenvalue weighted by Gasteiger charge is 2.43. The number of nitrogens with one attached hydrogen (secondary N) is 4. The Hall–Kier alpha value is -3.62. The maximum Gasteiger partial charge on any atom is 0.322 e. The van der Waals surface area contributed by atoms with Gasteiger partial charge in [0.05, 0.1) is 18.4 Å². The first-order valence-electron chi connectivity index (χ1n) is 7.73. The molecule has 134 valence electrons. The van der Waals surface area contributed by atoms with Crippen molar-refractivity contribution in [3.05, 3.63) is 54.0 Å². The second-order valence-electron chi connectivity index (χ2n) is 5.86. The zero-order valence-electron chi connectivity index (χ0n) is 13.8. The molecule has 0 radical (unpaired) electrons. The number of imide groups is 1. The second-order valence-corrected chi connectivity index (χ2v) is 5.86. The molecule has 1 unspecified atom stereocenters. The molecule has 2 aromatic rings. The summed E-state index contributed by atoms with van der Waals surface area (Å²) in [7, 11) is 0. The van der Waals surface area contributed by atoms with Gasteiger partial charge in [0.15, 0.2) is 0 Å². The number of hydrogen-bond donors (Lipinski definition) is 4. The van der Waals surface area contributed by atoms with Crippen LogP contribution in [-0.2, 0) is 15.1 Å². The Bertz CT molecular complexity index is 877. The number of rotatable bonds is 5. The molecule has 4 N–H and O–H groups in total. The highest BCUT2D eigenvalue weighted by atomic mass is 16.3. The fourth-order valence-corrected chi connectivity index (χ4v) is 2.52. The van der Waals surface area contributed by atoms with Crippen LogP contribution in [0.15, 0.2) is 47.3 Å². The molecule has 0 spiro atoms. The van der Waals surface area contributed by atoms with Gasteiger partial charge in [-0.2, -0.15) is 0 Å². The summed E-state index contributed by atoms with van der Waals surface area (Å²) in [5.74, 6) is -1.34. The fraction of sp³-hybridized carbons (Fsp3) is 0.176. The summed E-state index contributed by atoms with van der Waals surface area (Å²) in [5.41, 5.74) is 0.0462. The molecule has 2 heterocycles. The van der Waals surface area contributed by atoms with Crippen molar-refractivity contribution in [3.63, 3.8) is 0 Å². The molecular weight excluding hydrogens is 340 g/mol. The summed E-state index contributed by atoms with van der Waals surface area (Å²) in [5, 5.41) is 9.83. The van der Waals surface area contributed by atoms with Gasteiger partial charge in [0.2, 0.25) is 5.91 Å². The summed E-state index contributed by atoms with van der Waals surface area (Å²) in [4.78, 5) is 47.2. The molecule has 3 rings (SSSR count). The van der Waals surface area contributed by atoms with Crippen molar-refractivity contribution in [1.82, 2.24) is 16.0 Å². The predicted molar refractivity (Wildman–Crippen MR) is 90.1 cm³/mol. The molecule has 1 atom stereocenters. The van der Waals surface area contributed by atoms with Gasteiger partial charge in [-0.15, -0.1) is 0 Å². The molecule has 9 nitrogen and oxygen atoms in total. The minimum Gasteiger partial charge on any atom is -0.472 e. The van der Waals surface area contributed by atoms with Crippen LogP contribution in [0.4, 0.5) is 10.5 Å². The normalized spacial score (nSPS) is 18.8. The molecule has 1 aliphatic heterocycles. The van der Waals surface area contributed by atoms with E-state index in [1.165, 1.54) is 18.6 Å². The number of hydrogen-bond acceptors (Lipinski definition) is 5. The van der Waals surface area contributed by atoms with Crippen LogP contribution < -0.4 is 21.3 Å². The van der Waals surface area contributed by atoms with E-state index in [4.69, 9.17) is 4.42 Å². The quantitative estimate of drug-likeness (QED) is 0.586. The van der Waals surface area contributed by atoms with Crippen LogP contribution >= 0.6 is 0 Å². The average Bonchev–Trinajstić information content (AvgIpc) is 3.22. The van der Waals surface area contributed by atoms with Gasteiger partial charge in [0, 0.05) is 5.69 Å². The average molecular weight is 356 g/mol. The minimum absolute atomic E-state index is 0.233. The second kappa shape index (κ2) is 6.71. The first kappa shape index (κ1) is 17.2. The first-order chi connectivity index (χ1) is 12.4. The van der Waals surface area contributed by atoms with Crippen molar-refractivity contribution >= 4 is 29.4 Å². The largest absolute Gasteiger partial charge is 0.472 e. The first-order valence-corrected chi connectivity index (χ1v) is 7.73. The van der Waals surface area contributed by atoms with Crippen LogP contribution in [0.5, 0.6) is 0 Å². The van der Waals surface area contributed by atoms with E-state index < -0.39 is 29.3 Å². The lowest BCUT2D eigenvalue weighted by Gasteiger charge is -2.21. The molecule has 0 bridgehead atoms. The van der Waals surface area contributed by atoms with Gasteiger partial charge in [0.25, 0.3) is 11.8 Å². The monoisotopic (exact) mass is 356 g/mol. The Morgan fingerprint density at radius 1 is 1.23 bits per heavy atom. The Labute approximate surface area is 148 Å². The van der Waals surface area contributed by atoms with Gasteiger partial charge in [-0.1, -0.05) is 12.1 Å². The molecule has 26 heavy (non-hydrogen) atoms. The maximum atomic E-state index is 12.0. The van der Waals surface area contributed by atoms with E-state index in [-0.39, 0.29) is 6.54 Å². The topological polar surface area (TPSA) is 130 Å². The van der Waals surface area contributed by atoms with Gasteiger partial charge < -0.3 is 20.4 Å². The zero-order valence-corrected chi connectivity index (χ0v) is 13.8. The van der Waals surface area contributed by atoms with Crippen LogP contribution in [0.2, 0.25) is 0 Å². The number of amides is 5. The van der Waals surface area contributed by atoms with Gasteiger partial charge in [-0.3, -0.25) is 19.7 Å². The fourth-order valence-electron chi connectivity index (χ4n) is 2.52. The lowest BCUT2D eigenvalue weighted by molar-refractivity contribution is -0.123. The summed E-state index contributed by atoms with van der Waals surface area (Å²) < 4.78 is 4.80. The molecule has 0 aliphatic carbocycles. The molecule has 1 fully saturated rings. The van der Waals surface area contributed by atoms with Crippen LogP contribution in [0.25, 0.3) is 0 Å². The Balaban J connectivity index is 1.63. The molecule has 1 saturated heterocycles. The highest BCUT2D eigenvalue weighted by molar-refractivity contribution is 6.07. The lowest BCUT2D eigenvalue weighted by atomic mass is 9.92.